The van der Waals surface area contributed by atoms with Crippen LogP contribution in [0.1, 0.15) is 29.2 Å². The third-order valence-corrected chi connectivity index (χ3v) is 4.72. The first-order valence-corrected chi connectivity index (χ1v) is 8.20. The minimum absolute atomic E-state index is 0.178. The van der Waals surface area contributed by atoms with Crippen LogP contribution in [0.25, 0.3) is 0 Å². The fourth-order valence-corrected chi connectivity index (χ4v) is 3.36. The summed E-state index contributed by atoms with van der Waals surface area (Å²) in [7, 11) is 1.58. The molecule has 1 atom stereocenters. The molecule has 5 nitrogen and oxygen atoms in total. The first-order valence-electron chi connectivity index (χ1n) is 8.20. The van der Waals surface area contributed by atoms with Gasteiger partial charge in [0.15, 0.2) is 0 Å². The van der Waals surface area contributed by atoms with Crippen LogP contribution >= 0.6 is 0 Å². The quantitative estimate of drug-likeness (QED) is 0.871. The number of carbonyl (C=O) groups is 2. The third-order valence-electron chi connectivity index (χ3n) is 4.72. The maximum atomic E-state index is 13.1. The standard InChI is InChI=1S/C20H22N2O3/c1-13-9-10-17(25-4)15(11-13)12-22-18(23)20(3,21-19(22)24)16-8-6-5-7-14(16)2/h5-11H,12H2,1-4H3,(H,21,24). The molecule has 0 saturated carbocycles. The summed E-state index contributed by atoms with van der Waals surface area (Å²) in [6.45, 7) is 5.83. The Labute approximate surface area is 147 Å². The molecule has 1 N–H and O–H groups in total. The highest BCUT2D eigenvalue weighted by atomic mass is 16.5. The van der Waals surface area contributed by atoms with E-state index in [9.17, 15) is 9.59 Å². The Balaban J connectivity index is 1.95. The van der Waals surface area contributed by atoms with Gasteiger partial charge in [-0.25, -0.2) is 4.79 Å². The largest absolute Gasteiger partial charge is 0.496 e. The van der Waals surface area contributed by atoms with Gasteiger partial charge in [-0.2, -0.15) is 0 Å². The van der Waals surface area contributed by atoms with Crippen molar-refractivity contribution in [1.29, 1.82) is 0 Å². The van der Waals surface area contributed by atoms with Gasteiger partial charge in [0.25, 0.3) is 5.91 Å². The fraction of sp³-hybridized carbons (Fsp3) is 0.300. The van der Waals surface area contributed by atoms with E-state index in [1.165, 1.54) is 4.90 Å². The summed E-state index contributed by atoms with van der Waals surface area (Å²) in [4.78, 5) is 26.9. The molecule has 3 rings (SSSR count). The molecule has 1 heterocycles. The van der Waals surface area contributed by atoms with Crippen LogP contribution in [0.4, 0.5) is 4.79 Å². The average molecular weight is 338 g/mol. The fourth-order valence-electron chi connectivity index (χ4n) is 3.36. The number of methoxy groups -OCH3 is 1. The molecule has 0 bridgehead atoms. The van der Waals surface area contributed by atoms with Crippen LogP contribution in [0.2, 0.25) is 0 Å². The van der Waals surface area contributed by atoms with Gasteiger partial charge in [0.05, 0.1) is 13.7 Å². The van der Waals surface area contributed by atoms with Crippen LogP contribution in [0.3, 0.4) is 0 Å². The number of benzene rings is 2. The zero-order chi connectivity index (χ0) is 18.2. The molecule has 130 valence electrons. The molecule has 1 saturated heterocycles. The van der Waals surface area contributed by atoms with E-state index >= 15 is 0 Å². The van der Waals surface area contributed by atoms with Crippen LogP contribution < -0.4 is 10.1 Å². The number of amides is 3. The molecule has 1 aliphatic rings. The highest BCUT2D eigenvalue weighted by Gasteiger charge is 2.49. The summed E-state index contributed by atoms with van der Waals surface area (Å²) in [6, 6.07) is 12.9. The molecule has 3 amide bonds. The first-order chi connectivity index (χ1) is 11.9. The molecule has 1 aliphatic heterocycles. The summed E-state index contributed by atoms with van der Waals surface area (Å²) in [6.07, 6.45) is 0. The van der Waals surface area contributed by atoms with Gasteiger partial charge in [0.2, 0.25) is 0 Å². The van der Waals surface area contributed by atoms with Crippen molar-refractivity contribution in [1.82, 2.24) is 10.2 Å². The highest BCUT2D eigenvalue weighted by molar-refractivity contribution is 6.07. The number of nitrogens with one attached hydrogen (secondary N) is 1. The van der Waals surface area contributed by atoms with Crippen LogP contribution in [-0.2, 0) is 16.9 Å². The molecule has 25 heavy (non-hydrogen) atoms. The van der Waals surface area contributed by atoms with E-state index in [0.29, 0.717) is 5.75 Å². The van der Waals surface area contributed by atoms with E-state index in [1.54, 1.807) is 14.0 Å². The number of urea groups is 1. The number of ether oxygens (including phenoxy) is 1. The number of hydrogen-bond donors (Lipinski definition) is 1. The zero-order valence-corrected chi connectivity index (χ0v) is 14.9. The second kappa shape index (κ2) is 6.24. The van der Waals surface area contributed by atoms with Gasteiger partial charge in [0.1, 0.15) is 11.3 Å². The van der Waals surface area contributed by atoms with Crippen molar-refractivity contribution < 1.29 is 14.3 Å². The molecule has 1 unspecified atom stereocenters. The van der Waals surface area contributed by atoms with Crippen LogP contribution in [0, 0.1) is 13.8 Å². The number of aryl methyl sites for hydroxylation is 2. The SMILES string of the molecule is COc1ccc(C)cc1CN1C(=O)NC(C)(c2ccccc2C)C1=O. The van der Waals surface area contributed by atoms with Gasteiger partial charge >= 0.3 is 6.03 Å². The van der Waals surface area contributed by atoms with E-state index in [0.717, 1.165) is 22.3 Å². The average Bonchev–Trinajstić information content (AvgIpc) is 2.79. The van der Waals surface area contributed by atoms with E-state index in [-0.39, 0.29) is 18.5 Å². The molecule has 0 aliphatic carbocycles. The minimum atomic E-state index is -1.06. The van der Waals surface area contributed by atoms with Gasteiger partial charge in [-0.1, -0.05) is 42.0 Å². The zero-order valence-electron chi connectivity index (χ0n) is 14.9. The van der Waals surface area contributed by atoms with E-state index < -0.39 is 5.54 Å². The van der Waals surface area contributed by atoms with Crippen molar-refractivity contribution in [3.63, 3.8) is 0 Å². The van der Waals surface area contributed by atoms with Gasteiger partial charge in [-0.05, 0) is 38.0 Å². The van der Waals surface area contributed by atoms with Gasteiger partial charge in [-0.15, -0.1) is 0 Å². The minimum Gasteiger partial charge on any atom is -0.496 e. The topological polar surface area (TPSA) is 58.6 Å². The molecular weight excluding hydrogens is 316 g/mol. The molecule has 2 aromatic rings. The van der Waals surface area contributed by atoms with Crippen molar-refractivity contribution in [3.8, 4) is 5.75 Å². The van der Waals surface area contributed by atoms with E-state index in [2.05, 4.69) is 5.32 Å². The lowest BCUT2D eigenvalue weighted by molar-refractivity contribution is -0.131. The lowest BCUT2D eigenvalue weighted by Crippen LogP contribution is -2.41. The molecule has 0 aromatic heterocycles. The highest BCUT2D eigenvalue weighted by Crippen LogP contribution is 2.32. The Morgan fingerprint density at radius 3 is 2.52 bits per heavy atom. The summed E-state index contributed by atoms with van der Waals surface area (Å²) in [5.74, 6) is 0.408. The summed E-state index contributed by atoms with van der Waals surface area (Å²) < 4.78 is 5.37. The molecule has 2 aromatic carbocycles. The number of carbonyl (C=O) groups excluding carboxylic acids is 2. The van der Waals surface area contributed by atoms with Crippen molar-refractivity contribution >= 4 is 11.9 Å². The molecule has 5 heteroatoms. The van der Waals surface area contributed by atoms with Crippen molar-refractivity contribution in [2.75, 3.05) is 7.11 Å². The van der Waals surface area contributed by atoms with E-state index in [1.807, 2.05) is 56.3 Å². The Morgan fingerprint density at radius 1 is 1.12 bits per heavy atom. The van der Waals surface area contributed by atoms with Gasteiger partial charge < -0.3 is 10.1 Å². The van der Waals surface area contributed by atoms with Crippen molar-refractivity contribution in [2.24, 2.45) is 0 Å². The number of nitrogens with zero attached hydrogens (tertiary/aromatic N) is 1. The van der Waals surface area contributed by atoms with Crippen LogP contribution in [-0.4, -0.2) is 23.9 Å². The van der Waals surface area contributed by atoms with Gasteiger partial charge in [-0.3, -0.25) is 9.69 Å². The smallest absolute Gasteiger partial charge is 0.325 e. The number of rotatable bonds is 4. The Kier molecular flexibility index (Phi) is 4.25. The summed E-state index contributed by atoms with van der Waals surface area (Å²) >= 11 is 0. The van der Waals surface area contributed by atoms with Crippen LogP contribution in [0.15, 0.2) is 42.5 Å². The monoisotopic (exact) mass is 338 g/mol. The first kappa shape index (κ1) is 17.0. The number of hydrogen-bond acceptors (Lipinski definition) is 3. The maximum absolute atomic E-state index is 13.1. The Morgan fingerprint density at radius 2 is 1.84 bits per heavy atom. The predicted octanol–water partition coefficient (Wildman–Crippen LogP) is 3.28. The van der Waals surface area contributed by atoms with E-state index in [4.69, 9.17) is 4.74 Å². The second-order valence-electron chi connectivity index (χ2n) is 6.58. The summed E-state index contributed by atoms with van der Waals surface area (Å²) in [5, 5.41) is 2.86. The Bertz CT molecular complexity index is 847. The normalized spacial score (nSPS) is 19.9. The molecule has 0 spiro atoms. The maximum Gasteiger partial charge on any atom is 0.325 e. The lowest BCUT2D eigenvalue weighted by atomic mass is 9.88. The molecule has 1 fully saturated rings. The molecule has 0 radical (unpaired) electrons. The van der Waals surface area contributed by atoms with Crippen molar-refractivity contribution in [2.45, 2.75) is 32.9 Å². The lowest BCUT2D eigenvalue weighted by Gasteiger charge is -2.24. The third kappa shape index (κ3) is 2.86. The molecular formula is C20H22N2O3. The number of imide groups is 1. The summed E-state index contributed by atoms with van der Waals surface area (Å²) in [5.41, 5.74) is 2.57. The Hall–Kier alpha value is -2.82. The van der Waals surface area contributed by atoms with Gasteiger partial charge in [0, 0.05) is 5.56 Å². The van der Waals surface area contributed by atoms with Crippen molar-refractivity contribution in [3.05, 3.63) is 64.7 Å². The van der Waals surface area contributed by atoms with Crippen LogP contribution in [0.5, 0.6) is 5.75 Å². The second-order valence-corrected chi connectivity index (χ2v) is 6.58. The predicted molar refractivity (Wildman–Crippen MR) is 95.3 cm³/mol.